The van der Waals surface area contributed by atoms with Crippen molar-refractivity contribution in [1.29, 1.82) is 5.26 Å². The number of rotatable bonds is 5. The number of halogens is 1. The highest BCUT2D eigenvalue weighted by Gasteiger charge is 2.06. The lowest BCUT2D eigenvalue weighted by Gasteiger charge is -2.11. The molecule has 2 aromatic rings. The summed E-state index contributed by atoms with van der Waals surface area (Å²) >= 11 is 6.17. The monoisotopic (exact) mass is 286 g/mol. The van der Waals surface area contributed by atoms with Gasteiger partial charge < -0.3 is 10.1 Å². The molecule has 1 N–H and O–H groups in total. The topological polar surface area (TPSA) is 45.0 Å². The molecule has 4 heteroatoms. The van der Waals surface area contributed by atoms with Gasteiger partial charge in [-0.3, -0.25) is 0 Å². The third kappa shape index (κ3) is 3.51. The molecule has 0 aliphatic heterocycles. The maximum Gasteiger partial charge on any atom is 0.124 e. The van der Waals surface area contributed by atoms with Crippen molar-refractivity contribution in [2.24, 2.45) is 0 Å². The van der Waals surface area contributed by atoms with Crippen molar-refractivity contribution in [2.75, 3.05) is 7.11 Å². The molecule has 0 heterocycles. The molecule has 0 fully saturated rings. The summed E-state index contributed by atoms with van der Waals surface area (Å²) in [5.41, 5.74) is 2.74. The van der Waals surface area contributed by atoms with E-state index in [0.717, 1.165) is 16.9 Å². The van der Waals surface area contributed by atoms with Gasteiger partial charge in [0, 0.05) is 23.7 Å². The van der Waals surface area contributed by atoms with E-state index in [0.29, 0.717) is 23.7 Å². The molecule has 2 aromatic carbocycles. The zero-order valence-corrected chi connectivity index (χ0v) is 11.9. The average Bonchev–Trinajstić information content (AvgIpc) is 2.49. The van der Waals surface area contributed by atoms with Crippen LogP contribution in [0.4, 0.5) is 0 Å². The number of nitrogens with zero attached hydrogens (tertiary/aromatic N) is 1. The van der Waals surface area contributed by atoms with Crippen LogP contribution in [0.3, 0.4) is 0 Å². The molecule has 0 aliphatic rings. The van der Waals surface area contributed by atoms with Crippen LogP contribution in [-0.2, 0) is 13.1 Å². The fraction of sp³-hybridized carbons (Fsp3) is 0.188. The van der Waals surface area contributed by atoms with Gasteiger partial charge in [0.2, 0.25) is 0 Å². The first-order valence-corrected chi connectivity index (χ1v) is 6.63. The largest absolute Gasteiger partial charge is 0.496 e. The van der Waals surface area contributed by atoms with Crippen molar-refractivity contribution in [1.82, 2.24) is 5.32 Å². The standard InChI is InChI=1S/C16H15ClN2O/c1-20-16-4-2-3-15(17)14(16)11-19-10-13-7-5-12(9-18)6-8-13/h2-8,19H,10-11H2,1H3. The molecule has 0 aromatic heterocycles. The minimum Gasteiger partial charge on any atom is -0.496 e. The summed E-state index contributed by atoms with van der Waals surface area (Å²) in [7, 11) is 1.63. The Kier molecular flexibility index (Phi) is 5.00. The third-order valence-electron chi connectivity index (χ3n) is 3.01. The zero-order valence-electron chi connectivity index (χ0n) is 11.2. The molecule has 0 unspecified atom stereocenters. The van der Waals surface area contributed by atoms with Gasteiger partial charge >= 0.3 is 0 Å². The van der Waals surface area contributed by atoms with Crippen molar-refractivity contribution >= 4 is 11.6 Å². The number of hydrogen-bond acceptors (Lipinski definition) is 3. The predicted molar refractivity (Wildman–Crippen MR) is 79.7 cm³/mol. The van der Waals surface area contributed by atoms with E-state index in [9.17, 15) is 0 Å². The SMILES string of the molecule is COc1cccc(Cl)c1CNCc1ccc(C#N)cc1. The predicted octanol–water partition coefficient (Wildman–Crippen LogP) is 3.51. The molecule has 0 amide bonds. The molecule has 0 aliphatic carbocycles. The Balaban J connectivity index is 1.97. The second kappa shape index (κ2) is 6.95. The molecule has 0 atom stereocenters. The Hall–Kier alpha value is -2.02. The maximum absolute atomic E-state index is 8.75. The molecule has 3 nitrogen and oxygen atoms in total. The first-order chi connectivity index (χ1) is 9.74. The minimum atomic E-state index is 0.628. The van der Waals surface area contributed by atoms with Crippen molar-refractivity contribution < 1.29 is 4.74 Å². The Labute approximate surface area is 123 Å². The number of benzene rings is 2. The van der Waals surface area contributed by atoms with Crippen LogP contribution < -0.4 is 10.1 Å². The molecule has 0 saturated heterocycles. The summed E-state index contributed by atoms with van der Waals surface area (Å²) in [6.07, 6.45) is 0. The smallest absolute Gasteiger partial charge is 0.124 e. The summed E-state index contributed by atoms with van der Waals surface area (Å²) in [6.45, 7) is 1.34. The van der Waals surface area contributed by atoms with Crippen LogP contribution in [-0.4, -0.2) is 7.11 Å². The Bertz CT molecular complexity index is 617. The lowest BCUT2D eigenvalue weighted by molar-refractivity contribution is 0.407. The van der Waals surface area contributed by atoms with Gasteiger partial charge in [0.15, 0.2) is 0 Å². The molecule has 0 saturated carbocycles. The molecular formula is C16H15ClN2O. The van der Waals surface area contributed by atoms with Gasteiger partial charge in [-0.05, 0) is 29.8 Å². The summed E-state index contributed by atoms with van der Waals surface area (Å²) < 4.78 is 5.30. The summed E-state index contributed by atoms with van der Waals surface area (Å²) in [5.74, 6) is 0.782. The highest BCUT2D eigenvalue weighted by Crippen LogP contribution is 2.25. The molecule has 0 radical (unpaired) electrons. The maximum atomic E-state index is 8.75. The van der Waals surface area contributed by atoms with Crippen LogP contribution in [0.2, 0.25) is 5.02 Å². The van der Waals surface area contributed by atoms with Gasteiger partial charge in [-0.1, -0.05) is 29.8 Å². The fourth-order valence-corrected chi connectivity index (χ4v) is 2.16. The number of nitrogens with one attached hydrogen (secondary N) is 1. The van der Waals surface area contributed by atoms with Gasteiger partial charge in [-0.15, -0.1) is 0 Å². The highest BCUT2D eigenvalue weighted by atomic mass is 35.5. The van der Waals surface area contributed by atoms with Gasteiger partial charge in [0.1, 0.15) is 5.75 Å². The third-order valence-corrected chi connectivity index (χ3v) is 3.36. The lowest BCUT2D eigenvalue weighted by Crippen LogP contribution is -2.13. The van der Waals surface area contributed by atoms with E-state index < -0.39 is 0 Å². The second-order valence-electron chi connectivity index (χ2n) is 4.33. The zero-order chi connectivity index (χ0) is 14.4. The summed E-state index contributed by atoms with van der Waals surface area (Å²) in [6, 6.07) is 15.2. The molecule has 0 bridgehead atoms. The van der Waals surface area contributed by atoms with E-state index in [1.165, 1.54) is 0 Å². The highest BCUT2D eigenvalue weighted by molar-refractivity contribution is 6.31. The average molecular weight is 287 g/mol. The van der Waals surface area contributed by atoms with E-state index in [-0.39, 0.29) is 0 Å². The Morgan fingerprint density at radius 1 is 1.15 bits per heavy atom. The molecule has 2 rings (SSSR count). The van der Waals surface area contributed by atoms with Crippen LogP contribution in [0, 0.1) is 11.3 Å². The van der Waals surface area contributed by atoms with Crippen molar-refractivity contribution in [3.8, 4) is 11.8 Å². The van der Waals surface area contributed by atoms with E-state index in [4.69, 9.17) is 21.6 Å². The lowest BCUT2D eigenvalue weighted by atomic mass is 10.1. The van der Waals surface area contributed by atoms with Gasteiger partial charge in [0.05, 0.1) is 18.7 Å². The van der Waals surface area contributed by atoms with Gasteiger partial charge in [-0.25, -0.2) is 0 Å². The minimum absolute atomic E-state index is 0.628. The van der Waals surface area contributed by atoms with Gasteiger partial charge in [-0.2, -0.15) is 5.26 Å². The van der Waals surface area contributed by atoms with Crippen LogP contribution in [0.1, 0.15) is 16.7 Å². The van der Waals surface area contributed by atoms with Crippen molar-refractivity contribution in [3.63, 3.8) is 0 Å². The van der Waals surface area contributed by atoms with E-state index >= 15 is 0 Å². The number of ether oxygens (including phenoxy) is 1. The van der Waals surface area contributed by atoms with E-state index in [1.54, 1.807) is 7.11 Å². The van der Waals surface area contributed by atoms with Crippen LogP contribution in [0.15, 0.2) is 42.5 Å². The number of nitriles is 1. The van der Waals surface area contributed by atoms with E-state index in [2.05, 4.69) is 11.4 Å². The molecular weight excluding hydrogens is 272 g/mol. The van der Waals surface area contributed by atoms with E-state index in [1.807, 2.05) is 42.5 Å². The van der Waals surface area contributed by atoms with Gasteiger partial charge in [0.25, 0.3) is 0 Å². The Morgan fingerprint density at radius 2 is 1.90 bits per heavy atom. The molecule has 20 heavy (non-hydrogen) atoms. The van der Waals surface area contributed by atoms with Crippen LogP contribution in [0.25, 0.3) is 0 Å². The quantitative estimate of drug-likeness (QED) is 0.915. The normalized spacial score (nSPS) is 10.1. The first-order valence-electron chi connectivity index (χ1n) is 6.25. The van der Waals surface area contributed by atoms with Crippen LogP contribution in [0.5, 0.6) is 5.75 Å². The van der Waals surface area contributed by atoms with Crippen molar-refractivity contribution in [3.05, 3.63) is 64.2 Å². The van der Waals surface area contributed by atoms with Crippen LogP contribution >= 0.6 is 11.6 Å². The number of hydrogen-bond donors (Lipinski definition) is 1. The fourth-order valence-electron chi connectivity index (χ4n) is 1.93. The molecule has 102 valence electrons. The first kappa shape index (κ1) is 14.4. The summed E-state index contributed by atoms with van der Waals surface area (Å²) in [4.78, 5) is 0. The van der Waals surface area contributed by atoms with Crippen molar-refractivity contribution in [2.45, 2.75) is 13.1 Å². The second-order valence-corrected chi connectivity index (χ2v) is 4.74. The Morgan fingerprint density at radius 3 is 2.55 bits per heavy atom. The summed E-state index contributed by atoms with van der Waals surface area (Å²) in [5, 5.41) is 12.8. The molecule has 0 spiro atoms. The number of methoxy groups -OCH3 is 1.